The quantitative estimate of drug-likeness (QED) is 0.498. The van der Waals surface area contributed by atoms with Gasteiger partial charge in [0.2, 0.25) is 0 Å². The summed E-state index contributed by atoms with van der Waals surface area (Å²) in [5, 5.41) is 0. The Morgan fingerprint density at radius 2 is 0.840 bits per heavy atom. The van der Waals surface area contributed by atoms with Gasteiger partial charge >= 0.3 is 0 Å². The molecule has 0 aliphatic rings. The molecule has 150 valence electrons. The second kappa shape index (κ2) is 13.4. The Labute approximate surface area is 161 Å². The van der Waals surface area contributed by atoms with E-state index in [1.165, 1.54) is 24.0 Å². The van der Waals surface area contributed by atoms with Crippen LogP contribution in [0.25, 0.3) is 0 Å². The van der Waals surface area contributed by atoms with Gasteiger partial charge in [-0.25, -0.2) is 0 Å². The molecule has 1 aromatic rings. The van der Waals surface area contributed by atoms with Gasteiger partial charge in [-0.05, 0) is 41.2 Å². The molecule has 0 fully saturated rings. The van der Waals surface area contributed by atoms with Gasteiger partial charge in [-0.2, -0.15) is 0 Å². The van der Waals surface area contributed by atoms with Gasteiger partial charge < -0.3 is 0 Å². The van der Waals surface area contributed by atoms with Gasteiger partial charge in [-0.3, -0.25) is 0 Å². The first-order valence-corrected chi connectivity index (χ1v) is 10.2. The van der Waals surface area contributed by atoms with E-state index in [1.54, 1.807) is 0 Å². The molecule has 0 aliphatic carbocycles. The average Bonchev–Trinajstić information content (AvgIpc) is 2.51. The highest BCUT2D eigenvalue weighted by atomic mass is 14.3. The van der Waals surface area contributed by atoms with Crippen molar-refractivity contribution in [2.75, 3.05) is 0 Å². The summed E-state index contributed by atoms with van der Waals surface area (Å²) < 4.78 is 0. The number of benzene rings is 1. The molecule has 0 spiro atoms. The molecule has 0 bridgehead atoms. The molecule has 0 N–H and O–H groups in total. The zero-order chi connectivity index (χ0) is 20.9. The van der Waals surface area contributed by atoms with E-state index in [-0.39, 0.29) is 0 Å². The summed E-state index contributed by atoms with van der Waals surface area (Å²) in [6.07, 6.45) is 2.59. The minimum Gasteiger partial charge on any atom is -0.0683 e. The van der Waals surface area contributed by atoms with Gasteiger partial charge in [0, 0.05) is 0 Å². The highest BCUT2D eigenvalue weighted by molar-refractivity contribution is 5.23. The van der Waals surface area contributed by atoms with Gasteiger partial charge in [-0.15, -0.1) is 0 Å². The molecule has 0 saturated heterocycles. The molecule has 0 amide bonds. The van der Waals surface area contributed by atoms with Crippen molar-refractivity contribution in [3.63, 3.8) is 0 Å². The van der Waals surface area contributed by atoms with Gasteiger partial charge in [0.1, 0.15) is 0 Å². The molecule has 1 rings (SSSR count). The topological polar surface area (TPSA) is 0 Å². The zero-order valence-electron chi connectivity index (χ0n) is 20.2. The summed E-state index contributed by atoms with van der Waals surface area (Å²) in [6.45, 7) is 30.9. The first kappa shape index (κ1) is 29.0. The van der Waals surface area contributed by atoms with Crippen LogP contribution in [-0.4, -0.2) is 0 Å². The van der Waals surface area contributed by atoms with Crippen LogP contribution in [0.5, 0.6) is 0 Å². The smallest absolute Gasteiger partial charge is 0.0334 e. The SMILES string of the molecule is CC.CC(C)(C)C(C)(C)C.CCC(C)(C)CC.Cc1ccccc1C. The summed E-state index contributed by atoms with van der Waals surface area (Å²) in [7, 11) is 0. The van der Waals surface area contributed by atoms with Crippen molar-refractivity contribution in [1.82, 2.24) is 0 Å². The third-order valence-corrected chi connectivity index (χ3v) is 5.59. The molecule has 0 heteroatoms. The number of hydrogen-bond acceptors (Lipinski definition) is 0. The van der Waals surface area contributed by atoms with Crippen molar-refractivity contribution < 1.29 is 0 Å². The Kier molecular flexibility index (Phi) is 15.6. The lowest BCUT2D eigenvalue weighted by atomic mass is 9.71. The maximum absolute atomic E-state index is 2.30. The first-order valence-electron chi connectivity index (χ1n) is 10.2. The maximum atomic E-state index is 2.30. The van der Waals surface area contributed by atoms with E-state index in [1.807, 2.05) is 13.8 Å². The summed E-state index contributed by atoms with van der Waals surface area (Å²) in [6, 6.07) is 8.36. The van der Waals surface area contributed by atoms with Crippen LogP contribution in [0, 0.1) is 30.1 Å². The van der Waals surface area contributed by atoms with Crippen molar-refractivity contribution >= 4 is 0 Å². The van der Waals surface area contributed by atoms with Crippen molar-refractivity contribution in [2.24, 2.45) is 16.2 Å². The van der Waals surface area contributed by atoms with E-state index in [2.05, 4.69) is 107 Å². The first-order chi connectivity index (χ1) is 11.2. The predicted molar refractivity (Wildman–Crippen MR) is 121 cm³/mol. The Morgan fingerprint density at radius 1 is 0.600 bits per heavy atom. The lowest BCUT2D eigenvalue weighted by Gasteiger charge is -2.34. The van der Waals surface area contributed by atoms with Crippen LogP contribution in [0.4, 0.5) is 0 Å². The van der Waals surface area contributed by atoms with E-state index >= 15 is 0 Å². The monoisotopic (exact) mass is 350 g/mol. The maximum Gasteiger partial charge on any atom is -0.0334 e. The van der Waals surface area contributed by atoms with Gasteiger partial charge in [0.25, 0.3) is 0 Å². The molecule has 0 heterocycles. The highest BCUT2D eigenvalue weighted by Gasteiger charge is 2.26. The van der Waals surface area contributed by atoms with E-state index in [0.717, 1.165) is 0 Å². The van der Waals surface area contributed by atoms with E-state index in [0.29, 0.717) is 16.2 Å². The van der Waals surface area contributed by atoms with Crippen LogP contribution >= 0.6 is 0 Å². The van der Waals surface area contributed by atoms with Crippen LogP contribution in [-0.2, 0) is 0 Å². The van der Waals surface area contributed by atoms with E-state index in [9.17, 15) is 0 Å². The van der Waals surface area contributed by atoms with Gasteiger partial charge in [0.15, 0.2) is 0 Å². The predicted octanol–water partition coefficient (Wildman–Crippen LogP) is 9.24. The number of rotatable bonds is 2. The molecular formula is C25H50. The fourth-order valence-corrected chi connectivity index (χ4v) is 0.913. The van der Waals surface area contributed by atoms with Gasteiger partial charge in [-0.1, -0.05) is 120 Å². The zero-order valence-corrected chi connectivity index (χ0v) is 20.2. The summed E-state index contributed by atoms with van der Waals surface area (Å²) in [4.78, 5) is 0. The third-order valence-electron chi connectivity index (χ3n) is 5.59. The minimum atomic E-state index is 0.437. The Morgan fingerprint density at radius 3 is 0.920 bits per heavy atom. The van der Waals surface area contributed by atoms with Crippen LogP contribution in [0.1, 0.15) is 107 Å². The lowest BCUT2D eigenvalue weighted by molar-refractivity contribution is 0.157. The molecule has 0 nitrogen and oxygen atoms in total. The Bertz CT molecular complexity index is 371. The molecule has 0 unspecified atom stereocenters. The van der Waals surface area contributed by atoms with E-state index in [4.69, 9.17) is 0 Å². The fourth-order valence-electron chi connectivity index (χ4n) is 0.913. The second-order valence-corrected chi connectivity index (χ2v) is 9.46. The molecule has 25 heavy (non-hydrogen) atoms. The molecular weight excluding hydrogens is 300 g/mol. The van der Waals surface area contributed by atoms with Crippen molar-refractivity contribution in [3.05, 3.63) is 35.4 Å². The van der Waals surface area contributed by atoms with Crippen molar-refractivity contribution in [2.45, 2.75) is 110 Å². The van der Waals surface area contributed by atoms with Crippen LogP contribution in [0.15, 0.2) is 24.3 Å². The summed E-state index contributed by atoms with van der Waals surface area (Å²) >= 11 is 0. The molecule has 0 radical (unpaired) electrons. The molecule has 0 atom stereocenters. The molecule has 0 saturated carbocycles. The molecule has 1 aromatic carbocycles. The standard InChI is InChI=1S/C8H10.C8H18.C7H16.C2H6/c1-7-5-3-4-6-8(7)2;1-7(2,3)8(4,5)6;1-5-7(3,4)6-2;1-2/h3-6H,1-2H3;1-6H3;5-6H2,1-4H3;1-2H3. The van der Waals surface area contributed by atoms with E-state index < -0.39 is 0 Å². The average molecular weight is 351 g/mol. The number of hydrogen-bond donors (Lipinski definition) is 0. The van der Waals surface area contributed by atoms with Crippen LogP contribution in [0.2, 0.25) is 0 Å². The summed E-state index contributed by atoms with van der Waals surface area (Å²) in [5.41, 5.74) is 4.19. The number of aryl methyl sites for hydroxylation is 2. The highest BCUT2D eigenvalue weighted by Crippen LogP contribution is 2.36. The van der Waals surface area contributed by atoms with Gasteiger partial charge in [0.05, 0.1) is 0 Å². The van der Waals surface area contributed by atoms with Crippen molar-refractivity contribution in [1.29, 1.82) is 0 Å². The minimum absolute atomic E-state index is 0.437. The Hall–Kier alpha value is -0.780. The van der Waals surface area contributed by atoms with Crippen LogP contribution < -0.4 is 0 Å². The third kappa shape index (κ3) is 16.4. The normalized spacial score (nSPS) is 11.1. The second-order valence-electron chi connectivity index (χ2n) is 9.46. The van der Waals surface area contributed by atoms with Crippen LogP contribution in [0.3, 0.4) is 0 Å². The van der Waals surface area contributed by atoms with Crippen molar-refractivity contribution in [3.8, 4) is 0 Å². The molecule has 0 aromatic heterocycles. The molecule has 0 aliphatic heterocycles. The largest absolute Gasteiger partial charge is 0.0683 e. The lowest BCUT2D eigenvalue weighted by Crippen LogP contribution is -2.25. The fraction of sp³-hybridized carbons (Fsp3) is 0.760. The Balaban J connectivity index is -0.000000277. The summed E-state index contributed by atoms with van der Waals surface area (Å²) in [5.74, 6) is 0.